The van der Waals surface area contributed by atoms with Gasteiger partial charge in [0.05, 0.1) is 21.8 Å². The fourth-order valence-electron chi connectivity index (χ4n) is 5.75. The summed E-state index contributed by atoms with van der Waals surface area (Å²) in [7, 11) is 4.17. The van der Waals surface area contributed by atoms with E-state index in [1.54, 1.807) is 19.1 Å². The van der Waals surface area contributed by atoms with Crippen molar-refractivity contribution in [2.45, 2.75) is 96.7 Å². The smallest absolute Gasteiger partial charge is 0.243 e. The van der Waals surface area contributed by atoms with E-state index in [2.05, 4.69) is 26.6 Å². The van der Waals surface area contributed by atoms with Crippen LogP contribution in [0.1, 0.15) is 59.9 Å². The largest absolute Gasteiger partial charge is 0.507 e. The lowest BCUT2D eigenvalue weighted by atomic mass is 10.0. The Morgan fingerprint density at radius 1 is 1.04 bits per heavy atom. The first-order valence-corrected chi connectivity index (χ1v) is 20.5. The summed E-state index contributed by atoms with van der Waals surface area (Å²) in [6.07, 6.45) is 0.110. The molecule has 6 N–H and O–H groups in total. The van der Waals surface area contributed by atoms with Gasteiger partial charge in [-0.3, -0.25) is 28.8 Å². The Balaban J connectivity index is 1.97. The lowest BCUT2D eigenvalue weighted by molar-refractivity contribution is -0.141. The number of likely N-dealkylation sites (N-methyl/N-ethyl adjacent to an activating group) is 1. The average Bonchev–Trinajstić information content (AvgIpc) is 3.46. The van der Waals surface area contributed by atoms with Gasteiger partial charge in [-0.05, 0) is 73.4 Å². The van der Waals surface area contributed by atoms with Crippen molar-refractivity contribution in [2.24, 2.45) is 11.8 Å². The van der Waals surface area contributed by atoms with E-state index in [4.69, 9.17) is 4.74 Å². The highest BCUT2D eigenvalue weighted by Gasteiger charge is 2.43. The molecule has 284 valence electrons. The highest BCUT2D eigenvalue weighted by Crippen LogP contribution is 2.30. The number of nitrogens with one attached hydrogen (secondary N) is 5. The molecule has 6 atom stereocenters. The van der Waals surface area contributed by atoms with E-state index in [-0.39, 0.29) is 49.1 Å². The van der Waals surface area contributed by atoms with E-state index in [1.165, 1.54) is 39.6 Å². The molecular formula is C34H51IN6O8S2. The number of aromatic hydroxyl groups is 1. The Kier molecular flexibility index (Phi) is 16.2. The first-order valence-electron chi connectivity index (χ1n) is 17.0. The second kappa shape index (κ2) is 19.3. The highest BCUT2D eigenvalue weighted by molar-refractivity contribution is 14.1. The predicted octanol–water partition coefficient (Wildman–Crippen LogP) is 1.72. The zero-order valence-electron chi connectivity index (χ0n) is 30.2. The number of carbonyl (C=O) groups is 6. The minimum atomic E-state index is -1.15. The van der Waals surface area contributed by atoms with E-state index in [1.807, 2.05) is 57.2 Å². The lowest BCUT2D eigenvalue weighted by Gasteiger charge is -2.28. The van der Waals surface area contributed by atoms with Crippen molar-refractivity contribution in [1.29, 1.82) is 0 Å². The van der Waals surface area contributed by atoms with Crippen LogP contribution in [0, 0.1) is 15.4 Å². The Morgan fingerprint density at radius 3 is 2.35 bits per heavy atom. The molecule has 0 radical (unpaired) electrons. The van der Waals surface area contributed by atoms with Crippen LogP contribution in [0.2, 0.25) is 0 Å². The number of phenolic OH excluding ortho intramolecular Hbond substituents is 1. The van der Waals surface area contributed by atoms with Crippen molar-refractivity contribution < 1.29 is 38.6 Å². The summed E-state index contributed by atoms with van der Waals surface area (Å²) >= 11 is 1.97. The van der Waals surface area contributed by atoms with Crippen LogP contribution in [0.25, 0.3) is 0 Å². The molecule has 2 aliphatic rings. The number of amides is 6. The lowest BCUT2D eigenvalue weighted by Crippen LogP contribution is -2.57. The minimum Gasteiger partial charge on any atom is -0.507 e. The molecule has 1 aromatic carbocycles. The van der Waals surface area contributed by atoms with E-state index in [0.717, 1.165) is 0 Å². The molecule has 0 aromatic heterocycles. The summed E-state index contributed by atoms with van der Waals surface area (Å²) in [5.41, 5.74) is 0.114. The van der Waals surface area contributed by atoms with E-state index >= 15 is 0 Å². The summed E-state index contributed by atoms with van der Waals surface area (Å²) in [5.74, 6) is -2.88. The molecule has 2 aliphatic heterocycles. The fraction of sp³-hybridized carbons (Fsp3) is 0.647. The third-order valence-electron chi connectivity index (χ3n) is 8.17. The predicted molar refractivity (Wildman–Crippen MR) is 206 cm³/mol. The Hall–Kier alpha value is -2.77. The summed E-state index contributed by atoms with van der Waals surface area (Å²) < 4.78 is 6.75. The maximum atomic E-state index is 14.0. The number of benzene rings is 1. The van der Waals surface area contributed by atoms with Crippen LogP contribution in [0.5, 0.6) is 5.75 Å². The van der Waals surface area contributed by atoms with Crippen LogP contribution in [0.15, 0.2) is 18.2 Å². The number of hydrogen-bond acceptors (Lipinski definition) is 10. The van der Waals surface area contributed by atoms with Gasteiger partial charge in [-0.25, -0.2) is 0 Å². The third-order valence-corrected chi connectivity index (χ3v) is 11.6. The molecule has 3 rings (SSSR count). The zero-order valence-corrected chi connectivity index (χ0v) is 34.0. The number of nitrogens with zero attached hydrogens (tertiary/aromatic N) is 1. The van der Waals surface area contributed by atoms with Crippen molar-refractivity contribution in [3.05, 3.63) is 27.3 Å². The van der Waals surface area contributed by atoms with Crippen molar-refractivity contribution in [3.8, 4) is 5.75 Å². The SMILES string of the molecule is CNC(=O)[C@@H]1CSSC[C@H](C)C(=O)N2C[C@H](OC(C)(C)C)C[C@H]2C(=O)N[C@@H](Cc2ccc(O)c(I)c2)C(=O)NCC(=O)N[C@@H](CC(C)C)C(=O)N1. The van der Waals surface area contributed by atoms with Crippen molar-refractivity contribution >= 4 is 79.6 Å². The number of phenols is 1. The molecule has 0 spiro atoms. The molecule has 0 aliphatic carbocycles. The molecule has 0 bridgehead atoms. The first-order chi connectivity index (χ1) is 23.9. The summed E-state index contributed by atoms with van der Waals surface area (Å²) in [6, 6.07) is 0.867. The molecule has 1 aromatic rings. The molecule has 6 amide bonds. The zero-order chi connectivity index (χ0) is 38.0. The number of ether oxygens (including phenoxy) is 1. The van der Waals surface area contributed by atoms with Crippen LogP contribution in [-0.4, -0.2) is 113 Å². The van der Waals surface area contributed by atoms with Gasteiger partial charge in [-0.2, -0.15) is 0 Å². The Bertz CT molecular complexity index is 1440. The summed E-state index contributed by atoms with van der Waals surface area (Å²) in [4.78, 5) is 82.3. The fourth-order valence-corrected chi connectivity index (χ4v) is 8.84. The van der Waals surface area contributed by atoms with E-state index in [9.17, 15) is 33.9 Å². The Labute approximate surface area is 321 Å². The molecule has 17 heteroatoms. The second-order valence-corrected chi connectivity index (χ2v) is 18.0. The van der Waals surface area contributed by atoms with Crippen LogP contribution in [-0.2, 0) is 39.9 Å². The maximum Gasteiger partial charge on any atom is 0.243 e. The highest BCUT2D eigenvalue weighted by atomic mass is 127. The van der Waals surface area contributed by atoms with Gasteiger partial charge in [0.15, 0.2) is 0 Å². The van der Waals surface area contributed by atoms with Gasteiger partial charge in [0.2, 0.25) is 35.4 Å². The van der Waals surface area contributed by atoms with Gasteiger partial charge in [-0.1, -0.05) is 48.4 Å². The summed E-state index contributed by atoms with van der Waals surface area (Å²) in [6.45, 7) is 11.0. The number of fused-ring (bicyclic) bond motifs is 1. The molecule has 0 saturated carbocycles. The topological polar surface area (TPSA) is 195 Å². The van der Waals surface area contributed by atoms with Crippen molar-refractivity contribution in [3.63, 3.8) is 0 Å². The number of rotatable bonds is 6. The van der Waals surface area contributed by atoms with E-state index < -0.39 is 77.9 Å². The summed E-state index contributed by atoms with van der Waals surface area (Å²) in [5, 5.41) is 23.5. The molecule has 2 saturated heterocycles. The molecule has 51 heavy (non-hydrogen) atoms. The van der Waals surface area contributed by atoms with Gasteiger partial charge in [0.1, 0.15) is 29.9 Å². The number of halogens is 1. The van der Waals surface area contributed by atoms with Crippen LogP contribution < -0.4 is 26.6 Å². The minimum absolute atomic E-state index is 0.0137. The molecule has 2 heterocycles. The second-order valence-electron chi connectivity index (χ2n) is 14.3. The van der Waals surface area contributed by atoms with Crippen molar-refractivity contribution in [2.75, 3.05) is 31.6 Å². The number of hydrogen-bond donors (Lipinski definition) is 6. The molecule has 14 nitrogen and oxygen atoms in total. The standard InChI is InChI=1S/C34H51IN6O8S2/c1-18(2)10-23-31(46)40-25(29(44)36-7)17-51-50-16-19(3)33(48)41-15-21(49-34(4,5)6)13-26(41)32(47)39-24(30(45)37-14-28(43)38-23)12-20-8-9-27(42)22(35)11-20/h8-9,11,18-19,21,23-26,42H,10,12-17H2,1-7H3,(H,36,44)(H,37,45)(H,38,43)(H,39,47)(H,40,46)/t19-,21+,23-,24-,25-,26-/m0/s1. The van der Waals surface area contributed by atoms with Gasteiger partial charge < -0.3 is 41.3 Å². The van der Waals surface area contributed by atoms with Gasteiger partial charge >= 0.3 is 0 Å². The van der Waals surface area contributed by atoms with Gasteiger partial charge in [0.25, 0.3) is 0 Å². The average molecular weight is 863 g/mol. The van der Waals surface area contributed by atoms with Gasteiger partial charge in [-0.15, -0.1) is 0 Å². The molecule has 0 unspecified atom stereocenters. The normalized spacial score (nSPS) is 26.5. The van der Waals surface area contributed by atoms with Crippen LogP contribution in [0.3, 0.4) is 0 Å². The monoisotopic (exact) mass is 862 g/mol. The quantitative estimate of drug-likeness (QED) is 0.181. The number of carbonyl (C=O) groups excluding carboxylic acids is 6. The molecular weight excluding hydrogens is 811 g/mol. The van der Waals surface area contributed by atoms with Gasteiger partial charge in [0, 0.05) is 43.9 Å². The Morgan fingerprint density at radius 2 is 1.73 bits per heavy atom. The van der Waals surface area contributed by atoms with Crippen LogP contribution in [0.4, 0.5) is 0 Å². The van der Waals surface area contributed by atoms with E-state index in [0.29, 0.717) is 14.9 Å². The molecule has 2 fully saturated rings. The first kappa shape index (κ1) is 42.6. The van der Waals surface area contributed by atoms with Crippen LogP contribution >= 0.6 is 44.2 Å². The maximum absolute atomic E-state index is 14.0. The van der Waals surface area contributed by atoms with Crippen molar-refractivity contribution in [1.82, 2.24) is 31.5 Å². The third kappa shape index (κ3) is 13.3.